The Labute approximate surface area is 102 Å². The number of sulfonamides is 1. The van der Waals surface area contributed by atoms with E-state index in [9.17, 15) is 21.6 Å². The van der Waals surface area contributed by atoms with E-state index in [0.29, 0.717) is 12.1 Å². The summed E-state index contributed by atoms with van der Waals surface area (Å²) >= 11 is 0. The van der Waals surface area contributed by atoms with Crippen LogP contribution in [-0.4, -0.2) is 21.5 Å². The molecule has 0 saturated heterocycles. The predicted molar refractivity (Wildman–Crippen MR) is 57.8 cm³/mol. The van der Waals surface area contributed by atoms with E-state index in [1.165, 1.54) is 0 Å². The number of nitrogens with one attached hydrogen (secondary N) is 1. The standard InChI is InChI=1S/C8H9F3N2O2S.ClH/c9-5-1-2-6(8(11)7(5)10)16(14,15)13-4-3-12;/h1-2,13H,3-4,12H2;1H. The second kappa shape index (κ2) is 6.20. The molecule has 0 spiro atoms. The van der Waals surface area contributed by atoms with Crippen LogP contribution in [0.25, 0.3) is 0 Å². The molecule has 1 rings (SSSR count). The molecular formula is C8H10ClF3N2O2S. The molecule has 0 aliphatic heterocycles. The molecule has 1 aromatic carbocycles. The lowest BCUT2D eigenvalue weighted by molar-refractivity contribution is 0.431. The molecule has 0 bridgehead atoms. The van der Waals surface area contributed by atoms with Gasteiger partial charge in [0.2, 0.25) is 10.0 Å². The molecule has 0 aromatic heterocycles. The minimum absolute atomic E-state index is 0. The molecule has 17 heavy (non-hydrogen) atoms. The summed E-state index contributed by atoms with van der Waals surface area (Å²) in [6.07, 6.45) is 0. The van der Waals surface area contributed by atoms with Gasteiger partial charge in [0.25, 0.3) is 0 Å². The lowest BCUT2D eigenvalue weighted by atomic mass is 10.3. The molecule has 0 fully saturated rings. The van der Waals surface area contributed by atoms with Crippen LogP contribution in [0.2, 0.25) is 0 Å². The van der Waals surface area contributed by atoms with Crippen LogP contribution in [0, 0.1) is 17.5 Å². The van der Waals surface area contributed by atoms with Crippen molar-refractivity contribution < 1.29 is 21.6 Å². The molecule has 0 heterocycles. The van der Waals surface area contributed by atoms with E-state index in [1.54, 1.807) is 0 Å². The maximum absolute atomic E-state index is 13.1. The smallest absolute Gasteiger partial charge is 0.243 e. The second-order valence-corrected chi connectivity index (χ2v) is 4.60. The van der Waals surface area contributed by atoms with Gasteiger partial charge < -0.3 is 5.73 Å². The number of benzene rings is 1. The van der Waals surface area contributed by atoms with E-state index in [1.807, 2.05) is 4.72 Å². The lowest BCUT2D eigenvalue weighted by Crippen LogP contribution is -2.30. The largest absolute Gasteiger partial charge is 0.329 e. The van der Waals surface area contributed by atoms with Crippen molar-refractivity contribution in [3.05, 3.63) is 29.6 Å². The summed E-state index contributed by atoms with van der Waals surface area (Å²) in [6.45, 7) is -0.120. The zero-order valence-electron chi connectivity index (χ0n) is 8.41. The maximum atomic E-state index is 13.1. The third kappa shape index (κ3) is 3.56. The fraction of sp³-hybridized carbons (Fsp3) is 0.250. The van der Waals surface area contributed by atoms with E-state index in [-0.39, 0.29) is 25.5 Å². The van der Waals surface area contributed by atoms with E-state index in [0.717, 1.165) is 0 Å². The average molecular weight is 291 g/mol. The van der Waals surface area contributed by atoms with Crippen LogP contribution in [-0.2, 0) is 10.0 Å². The molecule has 0 radical (unpaired) electrons. The number of rotatable bonds is 4. The minimum atomic E-state index is -4.20. The Morgan fingerprint density at radius 2 is 1.76 bits per heavy atom. The van der Waals surface area contributed by atoms with Gasteiger partial charge in [-0.25, -0.2) is 26.3 Å². The predicted octanol–water partition coefficient (Wildman–Crippen LogP) is 0.763. The van der Waals surface area contributed by atoms with Crippen molar-refractivity contribution in [3.8, 4) is 0 Å². The first-order valence-corrected chi connectivity index (χ1v) is 5.71. The Kier molecular flexibility index (Phi) is 5.89. The highest BCUT2D eigenvalue weighted by Crippen LogP contribution is 2.19. The summed E-state index contributed by atoms with van der Waals surface area (Å²) in [7, 11) is -4.20. The van der Waals surface area contributed by atoms with Gasteiger partial charge in [0.1, 0.15) is 4.90 Å². The molecule has 0 aliphatic carbocycles. The van der Waals surface area contributed by atoms with E-state index in [2.05, 4.69) is 0 Å². The normalized spacial score (nSPS) is 11.1. The van der Waals surface area contributed by atoms with Gasteiger partial charge in [0.15, 0.2) is 17.5 Å². The van der Waals surface area contributed by atoms with Crippen molar-refractivity contribution >= 4 is 22.4 Å². The van der Waals surface area contributed by atoms with E-state index < -0.39 is 32.4 Å². The quantitative estimate of drug-likeness (QED) is 0.804. The molecule has 0 atom stereocenters. The van der Waals surface area contributed by atoms with Gasteiger partial charge in [-0.3, -0.25) is 0 Å². The van der Waals surface area contributed by atoms with Crippen molar-refractivity contribution in [1.29, 1.82) is 0 Å². The molecular weight excluding hydrogens is 281 g/mol. The highest BCUT2D eigenvalue weighted by atomic mass is 35.5. The Morgan fingerprint density at radius 3 is 2.29 bits per heavy atom. The van der Waals surface area contributed by atoms with Crippen LogP contribution < -0.4 is 10.5 Å². The fourth-order valence-corrected chi connectivity index (χ4v) is 2.10. The summed E-state index contributed by atoms with van der Waals surface area (Å²) in [5.41, 5.74) is 5.05. The summed E-state index contributed by atoms with van der Waals surface area (Å²) in [5.74, 6) is -5.02. The molecule has 0 saturated carbocycles. The van der Waals surface area contributed by atoms with Gasteiger partial charge in [0, 0.05) is 13.1 Å². The average Bonchev–Trinajstić information content (AvgIpc) is 2.23. The second-order valence-electron chi connectivity index (χ2n) is 2.86. The first kappa shape index (κ1) is 16.2. The van der Waals surface area contributed by atoms with Gasteiger partial charge in [-0.05, 0) is 12.1 Å². The zero-order valence-corrected chi connectivity index (χ0v) is 10.0. The Hall–Kier alpha value is -0.830. The maximum Gasteiger partial charge on any atom is 0.243 e. The topological polar surface area (TPSA) is 72.2 Å². The first-order valence-electron chi connectivity index (χ1n) is 4.23. The minimum Gasteiger partial charge on any atom is -0.329 e. The van der Waals surface area contributed by atoms with Gasteiger partial charge in [-0.1, -0.05) is 0 Å². The number of hydrogen-bond donors (Lipinski definition) is 2. The number of nitrogens with two attached hydrogens (primary N) is 1. The molecule has 9 heteroatoms. The van der Waals surface area contributed by atoms with Crippen molar-refractivity contribution in [2.75, 3.05) is 13.1 Å². The molecule has 4 nitrogen and oxygen atoms in total. The molecule has 0 aliphatic rings. The zero-order chi connectivity index (χ0) is 12.3. The summed E-state index contributed by atoms with van der Waals surface area (Å²) < 4.78 is 63.1. The first-order chi connectivity index (χ1) is 7.40. The monoisotopic (exact) mass is 290 g/mol. The molecule has 0 amide bonds. The van der Waals surface area contributed by atoms with E-state index in [4.69, 9.17) is 5.73 Å². The van der Waals surface area contributed by atoms with Crippen LogP contribution in [0.15, 0.2) is 17.0 Å². The molecule has 0 unspecified atom stereocenters. The Bertz CT molecular complexity index is 496. The molecule has 98 valence electrons. The van der Waals surface area contributed by atoms with E-state index >= 15 is 0 Å². The third-order valence-corrected chi connectivity index (χ3v) is 3.20. The summed E-state index contributed by atoms with van der Waals surface area (Å²) in [6, 6.07) is 1.18. The van der Waals surface area contributed by atoms with Crippen LogP contribution in [0.1, 0.15) is 0 Å². The van der Waals surface area contributed by atoms with Crippen molar-refractivity contribution in [3.63, 3.8) is 0 Å². The SMILES string of the molecule is Cl.NCCNS(=O)(=O)c1ccc(F)c(F)c1F. The van der Waals surface area contributed by atoms with Crippen LogP contribution in [0.4, 0.5) is 13.2 Å². The molecule has 3 N–H and O–H groups in total. The third-order valence-electron chi connectivity index (χ3n) is 1.73. The van der Waals surface area contributed by atoms with Crippen LogP contribution in [0.5, 0.6) is 0 Å². The summed E-state index contributed by atoms with van der Waals surface area (Å²) in [5, 5.41) is 0. The van der Waals surface area contributed by atoms with Gasteiger partial charge in [-0.15, -0.1) is 12.4 Å². The number of halogens is 4. The van der Waals surface area contributed by atoms with Crippen LogP contribution >= 0.6 is 12.4 Å². The number of hydrogen-bond acceptors (Lipinski definition) is 3. The Balaban J connectivity index is 0.00000256. The summed E-state index contributed by atoms with van der Waals surface area (Å²) in [4.78, 5) is -0.945. The fourth-order valence-electron chi connectivity index (χ4n) is 0.987. The Morgan fingerprint density at radius 1 is 1.18 bits per heavy atom. The highest BCUT2D eigenvalue weighted by molar-refractivity contribution is 7.89. The van der Waals surface area contributed by atoms with Gasteiger partial charge in [0.05, 0.1) is 0 Å². The molecule has 1 aromatic rings. The van der Waals surface area contributed by atoms with Crippen molar-refractivity contribution in [2.45, 2.75) is 4.90 Å². The van der Waals surface area contributed by atoms with Gasteiger partial charge >= 0.3 is 0 Å². The van der Waals surface area contributed by atoms with Crippen molar-refractivity contribution in [1.82, 2.24) is 4.72 Å². The van der Waals surface area contributed by atoms with Crippen LogP contribution in [0.3, 0.4) is 0 Å². The highest BCUT2D eigenvalue weighted by Gasteiger charge is 2.23. The van der Waals surface area contributed by atoms with Gasteiger partial charge in [-0.2, -0.15) is 0 Å². The lowest BCUT2D eigenvalue weighted by Gasteiger charge is -2.07. The van der Waals surface area contributed by atoms with Crippen molar-refractivity contribution in [2.24, 2.45) is 5.73 Å².